The summed E-state index contributed by atoms with van der Waals surface area (Å²) < 4.78 is 5.75. The molecule has 4 saturated heterocycles. The first kappa shape index (κ1) is 26.5. The van der Waals surface area contributed by atoms with Gasteiger partial charge in [-0.2, -0.15) is 0 Å². The van der Waals surface area contributed by atoms with Gasteiger partial charge in [0.1, 0.15) is 24.4 Å². The predicted molar refractivity (Wildman–Crippen MR) is 133 cm³/mol. The minimum Gasteiger partial charge on any atom is -0.388 e. The lowest BCUT2D eigenvalue weighted by Gasteiger charge is -2.41. The molecular weight excluding hydrogens is 494 g/mol. The Morgan fingerprint density at radius 2 is 1.76 bits per heavy atom. The Labute approximate surface area is 220 Å². The van der Waals surface area contributed by atoms with Crippen LogP contribution < -0.4 is 10.6 Å². The van der Waals surface area contributed by atoms with Crippen molar-refractivity contribution in [3.05, 3.63) is 35.9 Å². The summed E-state index contributed by atoms with van der Waals surface area (Å²) in [5.74, 6) is -1.22. The SMILES string of the molecule is CC(=O)N1CCN2C[C@H]1C(=O)NC[C@H]1O[C@@H](CC(=O)N[C@H]3C[C@@H](C2=O)N(Cc2ccccc2)C3)[C@H](O)[C@@H]1O. The van der Waals surface area contributed by atoms with E-state index in [1.54, 1.807) is 4.90 Å². The number of benzene rings is 1. The molecule has 7 atom stereocenters. The smallest absolute Gasteiger partial charge is 0.244 e. The normalized spacial score (nSPS) is 34.7. The number of rotatable bonds is 2. The van der Waals surface area contributed by atoms with E-state index in [1.807, 2.05) is 35.2 Å². The van der Waals surface area contributed by atoms with Crippen LogP contribution in [0.1, 0.15) is 25.3 Å². The molecule has 0 aliphatic carbocycles. The Bertz CT molecular complexity index is 1070. The fourth-order valence-corrected chi connectivity index (χ4v) is 6.00. The van der Waals surface area contributed by atoms with E-state index in [0.29, 0.717) is 26.1 Å². The number of hydrogen-bond donors (Lipinski definition) is 4. The number of carbonyl (C=O) groups excluding carboxylic acids is 4. The third kappa shape index (κ3) is 5.39. The van der Waals surface area contributed by atoms with E-state index >= 15 is 0 Å². The lowest BCUT2D eigenvalue weighted by molar-refractivity contribution is -0.149. The van der Waals surface area contributed by atoms with Crippen molar-refractivity contribution in [3.63, 3.8) is 0 Å². The minimum absolute atomic E-state index is 0.0380. The van der Waals surface area contributed by atoms with E-state index in [4.69, 9.17) is 4.74 Å². The fourth-order valence-electron chi connectivity index (χ4n) is 6.00. The molecule has 206 valence electrons. The standard InChI is InChI=1S/C26H35N5O7/c1-15(32)31-8-7-29-14-19(31)25(36)27-11-21-24(35)23(34)20(38-21)10-22(33)28-17-9-18(26(29)37)30(13-17)12-16-5-3-2-4-6-16/h2-6,17-21,23-24,34-35H,7-14H2,1H3,(H,27,36)(H,28,33)/t17-,18-,19-,20-,21+,23-,24+/m0/s1. The Morgan fingerprint density at radius 3 is 2.50 bits per heavy atom. The highest BCUT2D eigenvalue weighted by Gasteiger charge is 2.46. The van der Waals surface area contributed by atoms with E-state index in [9.17, 15) is 29.4 Å². The van der Waals surface area contributed by atoms with Gasteiger partial charge < -0.3 is 35.4 Å². The number of nitrogens with zero attached hydrogens (tertiary/aromatic N) is 3. The quantitative estimate of drug-likeness (QED) is 0.337. The summed E-state index contributed by atoms with van der Waals surface area (Å²) in [7, 11) is 0. The second kappa shape index (κ2) is 11.0. The highest BCUT2D eigenvalue weighted by molar-refractivity contribution is 5.89. The van der Waals surface area contributed by atoms with Crippen LogP contribution in [0.25, 0.3) is 0 Å². The molecule has 6 bridgehead atoms. The Kier molecular flexibility index (Phi) is 7.66. The van der Waals surface area contributed by atoms with Crippen LogP contribution in [0.5, 0.6) is 0 Å². The van der Waals surface area contributed by atoms with Gasteiger partial charge in [0.05, 0.1) is 25.1 Å². The van der Waals surface area contributed by atoms with Crippen LogP contribution in [0.15, 0.2) is 30.3 Å². The van der Waals surface area contributed by atoms with Gasteiger partial charge in [-0.25, -0.2) is 0 Å². The zero-order valence-electron chi connectivity index (χ0n) is 21.4. The Morgan fingerprint density at radius 1 is 1.03 bits per heavy atom. The Hall–Kier alpha value is -3.06. The molecule has 0 spiro atoms. The number of carbonyl (C=O) groups is 4. The molecule has 4 aliphatic rings. The average molecular weight is 530 g/mol. The number of piperazine rings is 1. The summed E-state index contributed by atoms with van der Waals surface area (Å²) in [6, 6.07) is 8.04. The Balaban J connectivity index is 1.43. The number of hydrogen-bond acceptors (Lipinski definition) is 8. The summed E-state index contributed by atoms with van der Waals surface area (Å²) in [6.07, 6.45) is -4.19. The number of nitrogens with one attached hydrogen (secondary N) is 2. The third-order valence-electron chi connectivity index (χ3n) is 8.01. The summed E-state index contributed by atoms with van der Waals surface area (Å²) in [5.41, 5.74) is 1.03. The molecule has 4 fully saturated rings. The lowest BCUT2D eigenvalue weighted by atomic mass is 10.0. The highest BCUT2D eigenvalue weighted by Crippen LogP contribution is 2.27. The third-order valence-corrected chi connectivity index (χ3v) is 8.01. The van der Waals surface area contributed by atoms with Gasteiger partial charge in [0.25, 0.3) is 0 Å². The maximum atomic E-state index is 13.8. The van der Waals surface area contributed by atoms with Crippen molar-refractivity contribution in [2.24, 2.45) is 0 Å². The first-order valence-corrected chi connectivity index (χ1v) is 13.1. The molecule has 4 heterocycles. The topological polar surface area (TPSA) is 152 Å². The summed E-state index contributed by atoms with van der Waals surface area (Å²) in [4.78, 5) is 57.3. The van der Waals surface area contributed by atoms with Crippen LogP contribution in [0.3, 0.4) is 0 Å². The highest BCUT2D eigenvalue weighted by atomic mass is 16.5. The molecule has 0 aromatic heterocycles. The largest absolute Gasteiger partial charge is 0.388 e. The van der Waals surface area contributed by atoms with E-state index in [1.165, 1.54) is 11.8 Å². The number of aliphatic hydroxyl groups excluding tert-OH is 2. The molecule has 12 heteroatoms. The van der Waals surface area contributed by atoms with Crippen molar-refractivity contribution < 1.29 is 34.1 Å². The average Bonchev–Trinajstić information content (AvgIpc) is 3.41. The van der Waals surface area contributed by atoms with Gasteiger partial charge in [0.2, 0.25) is 23.6 Å². The molecule has 1 aromatic rings. The maximum Gasteiger partial charge on any atom is 0.244 e. The molecule has 4 aliphatic heterocycles. The van der Waals surface area contributed by atoms with Crippen LogP contribution in [0.2, 0.25) is 0 Å². The summed E-state index contributed by atoms with van der Waals surface area (Å²) >= 11 is 0. The zero-order valence-corrected chi connectivity index (χ0v) is 21.4. The van der Waals surface area contributed by atoms with E-state index in [2.05, 4.69) is 10.6 Å². The van der Waals surface area contributed by atoms with Crippen molar-refractivity contribution in [1.82, 2.24) is 25.3 Å². The minimum atomic E-state index is -1.29. The number of likely N-dealkylation sites (tertiary alicyclic amines) is 1. The zero-order chi connectivity index (χ0) is 27.0. The number of fused-ring (bicyclic) bond motifs is 6. The first-order chi connectivity index (χ1) is 18.2. The van der Waals surface area contributed by atoms with Gasteiger partial charge in [0, 0.05) is 45.7 Å². The van der Waals surface area contributed by atoms with Crippen molar-refractivity contribution in [2.75, 3.05) is 32.7 Å². The first-order valence-electron chi connectivity index (χ1n) is 13.1. The van der Waals surface area contributed by atoms with Gasteiger partial charge in [-0.3, -0.25) is 24.1 Å². The molecule has 1 aromatic carbocycles. The molecule has 4 amide bonds. The van der Waals surface area contributed by atoms with E-state index in [-0.39, 0.29) is 49.8 Å². The predicted octanol–water partition coefficient (Wildman–Crippen LogP) is -2.19. The van der Waals surface area contributed by atoms with Crippen LogP contribution in [-0.4, -0.2) is 124 Å². The molecule has 0 unspecified atom stereocenters. The van der Waals surface area contributed by atoms with Gasteiger partial charge in [0.15, 0.2) is 0 Å². The van der Waals surface area contributed by atoms with Crippen molar-refractivity contribution in [1.29, 1.82) is 0 Å². The maximum absolute atomic E-state index is 13.8. The van der Waals surface area contributed by atoms with Gasteiger partial charge in [-0.15, -0.1) is 0 Å². The fraction of sp³-hybridized carbons (Fsp3) is 0.615. The van der Waals surface area contributed by atoms with Gasteiger partial charge >= 0.3 is 0 Å². The molecule has 5 rings (SSSR count). The van der Waals surface area contributed by atoms with Crippen molar-refractivity contribution in [3.8, 4) is 0 Å². The van der Waals surface area contributed by atoms with Crippen molar-refractivity contribution in [2.45, 2.75) is 68.9 Å². The number of amides is 4. The van der Waals surface area contributed by atoms with Crippen LogP contribution >= 0.6 is 0 Å². The van der Waals surface area contributed by atoms with Crippen LogP contribution in [-0.2, 0) is 30.5 Å². The molecular formula is C26H35N5O7. The van der Waals surface area contributed by atoms with Gasteiger partial charge in [-0.1, -0.05) is 30.3 Å². The summed E-state index contributed by atoms with van der Waals surface area (Å²) in [6.45, 7) is 2.80. The monoisotopic (exact) mass is 529 g/mol. The molecule has 0 radical (unpaired) electrons. The number of ether oxygens (including phenoxy) is 1. The lowest BCUT2D eigenvalue weighted by Crippen LogP contribution is -2.63. The molecule has 38 heavy (non-hydrogen) atoms. The summed E-state index contributed by atoms with van der Waals surface area (Å²) in [5, 5.41) is 26.6. The van der Waals surface area contributed by atoms with Crippen LogP contribution in [0, 0.1) is 0 Å². The van der Waals surface area contributed by atoms with Crippen molar-refractivity contribution >= 4 is 23.6 Å². The second-order valence-corrected chi connectivity index (χ2v) is 10.6. The van der Waals surface area contributed by atoms with E-state index in [0.717, 1.165) is 5.56 Å². The number of aliphatic hydroxyl groups is 2. The van der Waals surface area contributed by atoms with Crippen LogP contribution in [0.4, 0.5) is 0 Å². The van der Waals surface area contributed by atoms with Gasteiger partial charge in [-0.05, 0) is 12.0 Å². The molecule has 0 saturated carbocycles. The van der Waals surface area contributed by atoms with E-state index < -0.39 is 42.4 Å². The molecule has 4 N–H and O–H groups in total. The molecule has 12 nitrogen and oxygen atoms in total. The second-order valence-electron chi connectivity index (χ2n) is 10.6.